The second-order valence-corrected chi connectivity index (χ2v) is 5.29. The first-order valence-corrected chi connectivity index (χ1v) is 7.15. The van der Waals surface area contributed by atoms with Crippen molar-refractivity contribution in [1.82, 2.24) is 15.3 Å². The number of nitrogens with one attached hydrogen (secondary N) is 1. The average Bonchev–Trinajstić information content (AvgIpc) is 2.50. The van der Waals surface area contributed by atoms with E-state index in [1.165, 1.54) is 21.9 Å². The van der Waals surface area contributed by atoms with Crippen LogP contribution in [0.3, 0.4) is 0 Å². The number of nitrogens with zero attached hydrogens (tertiary/aromatic N) is 2. The van der Waals surface area contributed by atoms with E-state index in [2.05, 4.69) is 52.5 Å². The molecule has 1 aromatic carbocycles. The summed E-state index contributed by atoms with van der Waals surface area (Å²) in [5, 5.41) is 5.81. The summed E-state index contributed by atoms with van der Waals surface area (Å²) in [6, 6.07) is 12.8. The van der Waals surface area contributed by atoms with Crippen molar-refractivity contribution in [2.75, 3.05) is 7.05 Å². The molecule has 0 saturated carbocycles. The third kappa shape index (κ3) is 2.52. The van der Waals surface area contributed by atoms with E-state index < -0.39 is 0 Å². The maximum absolute atomic E-state index is 4.59. The van der Waals surface area contributed by atoms with Crippen LogP contribution in [0.25, 0.3) is 10.8 Å². The number of hydrogen-bond donors (Lipinski definition) is 1. The van der Waals surface area contributed by atoms with Crippen LogP contribution in [-0.4, -0.2) is 17.0 Å². The zero-order chi connectivity index (χ0) is 14.8. The smallest absolute Gasteiger partial charge is 0.0598 e. The third-order valence-electron chi connectivity index (χ3n) is 3.89. The molecule has 106 valence electrons. The molecule has 1 N–H and O–H groups in total. The molecule has 0 aliphatic carbocycles. The number of hydrogen-bond acceptors (Lipinski definition) is 3. The molecule has 0 aliphatic heterocycles. The lowest BCUT2D eigenvalue weighted by molar-refractivity contribution is 0.687. The van der Waals surface area contributed by atoms with Gasteiger partial charge in [0.05, 0.1) is 6.04 Å². The van der Waals surface area contributed by atoms with Crippen LogP contribution < -0.4 is 5.32 Å². The molecule has 0 aliphatic rings. The van der Waals surface area contributed by atoms with E-state index in [4.69, 9.17) is 0 Å². The van der Waals surface area contributed by atoms with E-state index in [0.29, 0.717) is 0 Å². The standard InChI is InChI=1S/C18H19N3/c1-12-7-8-15(13(2)21-12)18(19-3)16-6-4-5-14-9-10-20-11-17(14)16/h4-11,18-19H,1-3H3. The topological polar surface area (TPSA) is 37.8 Å². The first-order valence-electron chi connectivity index (χ1n) is 7.15. The van der Waals surface area contributed by atoms with E-state index >= 15 is 0 Å². The van der Waals surface area contributed by atoms with Crippen LogP contribution in [0, 0.1) is 13.8 Å². The summed E-state index contributed by atoms with van der Waals surface area (Å²) in [5.74, 6) is 0. The Morgan fingerprint density at radius 1 is 1.00 bits per heavy atom. The van der Waals surface area contributed by atoms with Crippen molar-refractivity contribution in [1.29, 1.82) is 0 Å². The molecule has 2 aromatic heterocycles. The summed E-state index contributed by atoms with van der Waals surface area (Å²) in [4.78, 5) is 8.87. The van der Waals surface area contributed by atoms with Gasteiger partial charge in [-0.05, 0) is 49.5 Å². The van der Waals surface area contributed by atoms with Crippen LogP contribution in [0.1, 0.15) is 28.6 Å². The largest absolute Gasteiger partial charge is 0.309 e. The van der Waals surface area contributed by atoms with E-state index in [1.807, 2.05) is 32.4 Å². The van der Waals surface area contributed by atoms with Crippen LogP contribution in [0.5, 0.6) is 0 Å². The van der Waals surface area contributed by atoms with Gasteiger partial charge in [0.25, 0.3) is 0 Å². The molecule has 0 radical (unpaired) electrons. The fourth-order valence-electron chi connectivity index (χ4n) is 2.87. The first kappa shape index (κ1) is 13.7. The highest BCUT2D eigenvalue weighted by Crippen LogP contribution is 2.29. The maximum Gasteiger partial charge on any atom is 0.0598 e. The molecule has 3 rings (SSSR count). The lowest BCUT2D eigenvalue weighted by Crippen LogP contribution is -2.19. The maximum atomic E-state index is 4.59. The average molecular weight is 277 g/mol. The lowest BCUT2D eigenvalue weighted by Gasteiger charge is -2.20. The number of benzene rings is 1. The van der Waals surface area contributed by atoms with Gasteiger partial charge in [0.1, 0.15) is 0 Å². The molecule has 3 nitrogen and oxygen atoms in total. The van der Waals surface area contributed by atoms with Crippen molar-refractivity contribution < 1.29 is 0 Å². The second kappa shape index (κ2) is 5.62. The molecular formula is C18H19N3. The van der Waals surface area contributed by atoms with E-state index in [9.17, 15) is 0 Å². The van der Waals surface area contributed by atoms with Gasteiger partial charge in [0, 0.05) is 29.2 Å². The van der Waals surface area contributed by atoms with Gasteiger partial charge < -0.3 is 5.32 Å². The Labute approximate surface area is 125 Å². The monoisotopic (exact) mass is 277 g/mol. The van der Waals surface area contributed by atoms with Gasteiger partial charge in [-0.25, -0.2) is 0 Å². The summed E-state index contributed by atoms with van der Waals surface area (Å²) in [6.45, 7) is 4.09. The van der Waals surface area contributed by atoms with E-state index in [1.54, 1.807) is 0 Å². The van der Waals surface area contributed by atoms with E-state index in [-0.39, 0.29) is 6.04 Å². The summed E-state index contributed by atoms with van der Waals surface area (Å²) in [6.07, 6.45) is 3.77. The van der Waals surface area contributed by atoms with Crippen molar-refractivity contribution in [3.63, 3.8) is 0 Å². The molecule has 21 heavy (non-hydrogen) atoms. The highest BCUT2D eigenvalue weighted by atomic mass is 14.9. The van der Waals surface area contributed by atoms with E-state index in [0.717, 1.165) is 11.4 Å². The lowest BCUT2D eigenvalue weighted by atomic mass is 9.94. The molecule has 3 heteroatoms. The van der Waals surface area contributed by atoms with Gasteiger partial charge in [0.15, 0.2) is 0 Å². The molecule has 0 saturated heterocycles. The Kier molecular flexibility index (Phi) is 3.67. The highest BCUT2D eigenvalue weighted by Gasteiger charge is 2.17. The Hall–Kier alpha value is -2.26. The van der Waals surface area contributed by atoms with Gasteiger partial charge in [-0.15, -0.1) is 0 Å². The minimum absolute atomic E-state index is 0.117. The number of fused-ring (bicyclic) bond motifs is 1. The predicted octanol–water partition coefficient (Wildman–Crippen LogP) is 3.56. The molecule has 0 fully saturated rings. The number of aryl methyl sites for hydroxylation is 2. The minimum atomic E-state index is 0.117. The van der Waals surface area contributed by atoms with Gasteiger partial charge >= 0.3 is 0 Å². The van der Waals surface area contributed by atoms with Gasteiger partial charge in [-0.1, -0.05) is 24.3 Å². The fraction of sp³-hybridized carbons (Fsp3) is 0.222. The Morgan fingerprint density at radius 2 is 1.86 bits per heavy atom. The first-order chi connectivity index (χ1) is 10.2. The van der Waals surface area contributed by atoms with Crippen molar-refractivity contribution in [3.05, 3.63) is 71.3 Å². The van der Waals surface area contributed by atoms with Crippen LogP contribution in [-0.2, 0) is 0 Å². The molecule has 3 aromatic rings. The fourth-order valence-corrected chi connectivity index (χ4v) is 2.87. The van der Waals surface area contributed by atoms with Crippen LogP contribution in [0.2, 0.25) is 0 Å². The van der Waals surface area contributed by atoms with Gasteiger partial charge in [0.2, 0.25) is 0 Å². The Balaban J connectivity index is 2.18. The van der Waals surface area contributed by atoms with Crippen molar-refractivity contribution >= 4 is 10.8 Å². The molecule has 0 spiro atoms. The molecule has 0 bridgehead atoms. The summed E-state index contributed by atoms with van der Waals surface area (Å²) in [5.41, 5.74) is 4.55. The van der Waals surface area contributed by atoms with Crippen molar-refractivity contribution in [3.8, 4) is 0 Å². The van der Waals surface area contributed by atoms with Gasteiger partial charge in [-0.2, -0.15) is 0 Å². The SMILES string of the molecule is CNC(c1ccc(C)nc1C)c1cccc2ccncc12. The minimum Gasteiger partial charge on any atom is -0.309 e. The van der Waals surface area contributed by atoms with Crippen LogP contribution in [0.15, 0.2) is 48.8 Å². The number of rotatable bonds is 3. The predicted molar refractivity (Wildman–Crippen MR) is 86.4 cm³/mol. The molecule has 1 unspecified atom stereocenters. The van der Waals surface area contributed by atoms with Crippen molar-refractivity contribution in [2.45, 2.75) is 19.9 Å². The number of aromatic nitrogens is 2. The summed E-state index contributed by atoms with van der Waals surface area (Å²) in [7, 11) is 1.99. The summed E-state index contributed by atoms with van der Waals surface area (Å²) >= 11 is 0. The zero-order valence-electron chi connectivity index (χ0n) is 12.6. The zero-order valence-corrected chi connectivity index (χ0v) is 12.6. The summed E-state index contributed by atoms with van der Waals surface area (Å²) < 4.78 is 0. The van der Waals surface area contributed by atoms with Crippen molar-refractivity contribution in [2.24, 2.45) is 0 Å². The number of pyridine rings is 2. The molecule has 0 amide bonds. The molecule has 1 atom stereocenters. The Bertz CT molecular complexity index is 775. The normalized spacial score (nSPS) is 12.5. The Morgan fingerprint density at radius 3 is 2.62 bits per heavy atom. The quantitative estimate of drug-likeness (QED) is 0.795. The third-order valence-corrected chi connectivity index (χ3v) is 3.89. The molecule has 2 heterocycles. The van der Waals surface area contributed by atoms with Crippen LogP contribution >= 0.6 is 0 Å². The van der Waals surface area contributed by atoms with Gasteiger partial charge in [-0.3, -0.25) is 9.97 Å². The highest BCUT2D eigenvalue weighted by molar-refractivity contribution is 5.85. The molecular weight excluding hydrogens is 258 g/mol. The second-order valence-electron chi connectivity index (χ2n) is 5.29. The van der Waals surface area contributed by atoms with Crippen LogP contribution in [0.4, 0.5) is 0 Å².